The number of hydrogen-bond acceptors (Lipinski definition) is 5. The number of sulfonamides is 1. The number of amides is 2. The van der Waals surface area contributed by atoms with E-state index in [9.17, 15) is 18.0 Å². The SMILES string of the molecule is CCc1ccccc1-c1cc(S(=O)(=O)N2CCOCC2)ccc1N(C(C)=O)C(=O)C(C)c1ccc(CC(C)C)cc1. The Labute approximate surface area is 244 Å². The van der Waals surface area contributed by atoms with Gasteiger partial charge in [-0.3, -0.25) is 9.59 Å². The summed E-state index contributed by atoms with van der Waals surface area (Å²) < 4.78 is 33.9. The van der Waals surface area contributed by atoms with Gasteiger partial charge < -0.3 is 4.74 Å². The van der Waals surface area contributed by atoms with E-state index in [-0.39, 0.29) is 23.9 Å². The first-order valence-electron chi connectivity index (χ1n) is 14.3. The molecule has 1 atom stereocenters. The smallest absolute Gasteiger partial charge is 0.243 e. The lowest BCUT2D eigenvalue weighted by Crippen LogP contribution is -2.41. The van der Waals surface area contributed by atoms with Crippen LogP contribution in [0.15, 0.2) is 71.6 Å². The zero-order chi connectivity index (χ0) is 29.7. The molecular weight excluding hydrogens is 536 g/mol. The van der Waals surface area contributed by atoms with Crippen LogP contribution in [-0.2, 0) is 37.2 Å². The van der Waals surface area contributed by atoms with Crippen LogP contribution in [0.5, 0.6) is 0 Å². The fraction of sp³-hybridized carbons (Fsp3) is 0.394. The van der Waals surface area contributed by atoms with Gasteiger partial charge in [0.15, 0.2) is 0 Å². The summed E-state index contributed by atoms with van der Waals surface area (Å²) >= 11 is 0. The van der Waals surface area contributed by atoms with Crippen LogP contribution in [0.25, 0.3) is 11.1 Å². The minimum absolute atomic E-state index is 0.119. The Kier molecular flexibility index (Phi) is 9.79. The van der Waals surface area contributed by atoms with Crippen molar-refractivity contribution in [3.63, 3.8) is 0 Å². The predicted molar refractivity (Wildman–Crippen MR) is 162 cm³/mol. The normalized spacial score (nSPS) is 15.1. The van der Waals surface area contributed by atoms with Crippen molar-refractivity contribution in [3.8, 4) is 11.1 Å². The first kappa shape index (κ1) is 30.6. The van der Waals surface area contributed by atoms with Gasteiger partial charge in [0.25, 0.3) is 0 Å². The molecule has 2 amide bonds. The molecule has 7 nitrogen and oxygen atoms in total. The molecular formula is C33H40N2O5S. The molecule has 0 radical (unpaired) electrons. The average molecular weight is 577 g/mol. The third-order valence-corrected chi connectivity index (χ3v) is 9.43. The van der Waals surface area contributed by atoms with Crippen molar-refractivity contribution >= 4 is 27.5 Å². The highest BCUT2D eigenvalue weighted by molar-refractivity contribution is 7.89. The number of benzene rings is 3. The Morgan fingerprint density at radius 3 is 2.20 bits per heavy atom. The van der Waals surface area contributed by atoms with E-state index in [0.717, 1.165) is 23.1 Å². The number of ether oxygens (including phenoxy) is 1. The molecule has 0 aliphatic carbocycles. The number of hydrogen-bond donors (Lipinski definition) is 0. The van der Waals surface area contributed by atoms with Gasteiger partial charge in [-0.05, 0) is 66.1 Å². The van der Waals surface area contributed by atoms with E-state index in [1.54, 1.807) is 19.1 Å². The van der Waals surface area contributed by atoms with E-state index in [1.165, 1.54) is 27.8 Å². The number of nitrogens with zero attached hydrogens (tertiary/aromatic N) is 2. The van der Waals surface area contributed by atoms with E-state index in [1.807, 2.05) is 55.5 Å². The third kappa shape index (κ3) is 6.77. The minimum atomic E-state index is -3.80. The monoisotopic (exact) mass is 576 g/mol. The minimum Gasteiger partial charge on any atom is -0.379 e. The van der Waals surface area contributed by atoms with Crippen LogP contribution in [-0.4, -0.2) is 50.8 Å². The molecule has 218 valence electrons. The highest BCUT2D eigenvalue weighted by Crippen LogP contribution is 2.37. The van der Waals surface area contributed by atoms with Crippen LogP contribution < -0.4 is 4.90 Å². The molecule has 1 fully saturated rings. The highest BCUT2D eigenvalue weighted by Gasteiger charge is 2.32. The molecule has 1 aliphatic heterocycles. The fourth-order valence-electron chi connectivity index (χ4n) is 5.31. The zero-order valence-electron chi connectivity index (χ0n) is 24.6. The lowest BCUT2D eigenvalue weighted by Gasteiger charge is -2.28. The number of carbonyl (C=O) groups is 2. The molecule has 0 saturated carbocycles. The van der Waals surface area contributed by atoms with Crippen molar-refractivity contribution in [2.45, 2.75) is 58.3 Å². The second-order valence-electron chi connectivity index (χ2n) is 11.0. The number of anilines is 1. The molecule has 41 heavy (non-hydrogen) atoms. The van der Waals surface area contributed by atoms with E-state index in [4.69, 9.17) is 4.74 Å². The Bertz CT molecular complexity index is 1490. The summed E-state index contributed by atoms with van der Waals surface area (Å²) in [7, 11) is -3.80. The molecule has 1 aliphatic rings. The van der Waals surface area contributed by atoms with Crippen molar-refractivity contribution < 1.29 is 22.7 Å². The van der Waals surface area contributed by atoms with Crippen LogP contribution in [0.2, 0.25) is 0 Å². The topological polar surface area (TPSA) is 84.0 Å². The summed E-state index contributed by atoms with van der Waals surface area (Å²) in [6.45, 7) is 10.7. The Balaban J connectivity index is 1.80. The maximum absolute atomic E-state index is 14.0. The van der Waals surface area contributed by atoms with Crippen molar-refractivity contribution in [3.05, 3.63) is 83.4 Å². The molecule has 3 aromatic rings. The lowest BCUT2D eigenvalue weighted by atomic mass is 9.94. The number of carbonyl (C=O) groups excluding carboxylic acids is 2. The molecule has 0 aromatic heterocycles. The Morgan fingerprint density at radius 1 is 0.927 bits per heavy atom. The molecule has 0 spiro atoms. The van der Waals surface area contributed by atoms with Gasteiger partial charge in [0, 0.05) is 25.6 Å². The number of morpholine rings is 1. The van der Waals surface area contributed by atoms with E-state index in [2.05, 4.69) is 13.8 Å². The second kappa shape index (κ2) is 13.1. The molecule has 1 heterocycles. The summed E-state index contributed by atoms with van der Waals surface area (Å²) in [4.78, 5) is 28.4. The van der Waals surface area contributed by atoms with Gasteiger partial charge in [0.2, 0.25) is 21.8 Å². The summed E-state index contributed by atoms with van der Waals surface area (Å²) in [5.41, 5.74) is 4.68. The molecule has 0 N–H and O–H groups in total. The van der Waals surface area contributed by atoms with E-state index < -0.39 is 21.8 Å². The largest absolute Gasteiger partial charge is 0.379 e. The number of aryl methyl sites for hydroxylation is 1. The van der Waals surface area contributed by atoms with Crippen molar-refractivity contribution in [2.24, 2.45) is 5.92 Å². The summed E-state index contributed by atoms with van der Waals surface area (Å²) in [6.07, 6.45) is 1.64. The Morgan fingerprint density at radius 2 is 1.59 bits per heavy atom. The van der Waals surface area contributed by atoms with Gasteiger partial charge in [0.05, 0.1) is 29.7 Å². The van der Waals surface area contributed by atoms with Gasteiger partial charge in [-0.1, -0.05) is 69.3 Å². The van der Waals surface area contributed by atoms with Gasteiger partial charge in [-0.15, -0.1) is 0 Å². The molecule has 4 rings (SSSR count). The second-order valence-corrected chi connectivity index (χ2v) is 12.9. The Hall–Kier alpha value is -3.33. The first-order valence-corrected chi connectivity index (χ1v) is 15.7. The van der Waals surface area contributed by atoms with Crippen LogP contribution in [0.3, 0.4) is 0 Å². The van der Waals surface area contributed by atoms with Crippen molar-refractivity contribution in [1.82, 2.24) is 4.31 Å². The van der Waals surface area contributed by atoms with Gasteiger partial charge in [-0.2, -0.15) is 4.31 Å². The van der Waals surface area contributed by atoms with Crippen molar-refractivity contribution in [1.29, 1.82) is 0 Å². The maximum Gasteiger partial charge on any atom is 0.243 e. The summed E-state index contributed by atoms with van der Waals surface area (Å²) in [5.74, 6) is -0.865. The fourth-order valence-corrected chi connectivity index (χ4v) is 6.74. The maximum atomic E-state index is 14.0. The first-order chi connectivity index (χ1) is 19.5. The quantitative estimate of drug-likeness (QED) is 0.321. The van der Waals surface area contributed by atoms with Crippen LogP contribution in [0, 0.1) is 5.92 Å². The van der Waals surface area contributed by atoms with Crippen LogP contribution >= 0.6 is 0 Å². The van der Waals surface area contributed by atoms with E-state index in [0.29, 0.717) is 36.8 Å². The molecule has 8 heteroatoms. The zero-order valence-corrected chi connectivity index (χ0v) is 25.4. The molecule has 0 bridgehead atoms. The van der Waals surface area contributed by atoms with Crippen LogP contribution in [0.1, 0.15) is 57.2 Å². The third-order valence-electron chi connectivity index (χ3n) is 7.53. The summed E-state index contributed by atoms with van der Waals surface area (Å²) in [5, 5.41) is 0. The highest BCUT2D eigenvalue weighted by atomic mass is 32.2. The van der Waals surface area contributed by atoms with Gasteiger partial charge >= 0.3 is 0 Å². The van der Waals surface area contributed by atoms with Gasteiger partial charge in [0.1, 0.15) is 0 Å². The molecule has 3 aromatic carbocycles. The van der Waals surface area contributed by atoms with E-state index >= 15 is 0 Å². The number of imide groups is 1. The predicted octanol–water partition coefficient (Wildman–Crippen LogP) is 5.82. The van der Waals surface area contributed by atoms with Crippen molar-refractivity contribution in [2.75, 3.05) is 31.2 Å². The van der Waals surface area contributed by atoms with Gasteiger partial charge in [-0.25, -0.2) is 13.3 Å². The summed E-state index contributed by atoms with van der Waals surface area (Å²) in [6, 6.07) is 20.3. The number of rotatable bonds is 9. The molecule has 1 saturated heterocycles. The average Bonchev–Trinajstić information content (AvgIpc) is 2.97. The standard InChI is InChI=1S/C33H40N2O5S/c1-6-27-9-7-8-10-30(27)31-22-29(41(38,39)34-17-19-40-20-18-34)15-16-32(31)35(25(5)36)33(37)24(4)28-13-11-26(12-14-28)21-23(2)3/h7-16,22-24H,6,17-21H2,1-5H3. The lowest BCUT2D eigenvalue weighted by molar-refractivity contribution is -0.126. The van der Waals surface area contributed by atoms with Crippen LogP contribution in [0.4, 0.5) is 5.69 Å². The molecule has 1 unspecified atom stereocenters.